The number of carbonyl (C=O) groups excluding carboxylic acids is 1. The van der Waals surface area contributed by atoms with Crippen LogP contribution in [-0.2, 0) is 11.3 Å². The molecule has 5 nitrogen and oxygen atoms in total. The van der Waals surface area contributed by atoms with Crippen molar-refractivity contribution < 1.29 is 4.79 Å². The summed E-state index contributed by atoms with van der Waals surface area (Å²) in [6, 6.07) is 0. The maximum absolute atomic E-state index is 11.2. The second kappa shape index (κ2) is 4.64. The lowest BCUT2D eigenvalue weighted by atomic mass is 10.3. The molecule has 0 aliphatic rings. The Hall–Kier alpha value is -1.52. The van der Waals surface area contributed by atoms with Crippen molar-refractivity contribution in [3.05, 3.63) is 12.4 Å². The molecule has 0 aromatic carbocycles. The van der Waals surface area contributed by atoms with Gasteiger partial charge in [0.2, 0.25) is 5.91 Å². The van der Waals surface area contributed by atoms with Crippen LogP contribution in [0.15, 0.2) is 12.4 Å². The Morgan fingerprint density at radius 2 is 2.36 bits per heavy atom. The minimum atomic E-state index is 0.144. The summed E-state index contributed by atoms with van der Waals surface area (Å²) in [5, 5.41) is 4.02. The van der Waals surface area contributed by atoms with Gasteiger partial charge in [0.1, 0.15) is 0 Å². The summed E-state index contributed by atoms with van der Waals surface area (Å²) < 4.78 is 1.75. The lowest BCUT2D eigenvalue weighted by Crippen LogP contribution is -2.21. The highest BCUT2D eigenvalue weighted by molar-refractivity contribution is 5.75. The summed E-state index contributed by atoms with van der Waals surface area (Å²) in [5.74, 6) is 0.144. The van der Waals surface area contributed by atoms with Gasteiger partial charge in [0.25, 0.3) is 0 Å². The number of nitrogens with two attached hydrogens (primary N) is 1. The first-order valence-corrected chi connectivity index (χ1v) is 4.57. The molecule has 0 saturated heterocycles. The molecule has 1 heterocycles. The van der Waals surface area contributed by atoms with Gasteiger partial charge in [-0.25, -0.2) is 0 Å². The normalized spacial score (nSPS) is 10.1. The number of hydrogen-bond donors (Lipinski definition) is 1. The van der Waals surface area contributed by atoms with Crippen LogP contribution >= 0.6 is 0 Å². The van der Waals surface area contributed by atoms with Crippen LogP contribution in [0.25, 0.3) is 0 Å². The van der Waals surface area contributed by atoms with Crippen LogP contribution in [0.2, 0.25) is 0 Å². The molecule has 5 heteroatoms. The highest BCUT2D eigenvalue weighted by atomic mass is 16.2. The third-order valence-corrected chi connectivity index (χ3v) is 1.93. The number of aromatic nitrogens is 2. The van der Waals surface area contributed by atoms with Crippen LogP contribution in [0.1, 0.15) is 12.8 Å². The van der Waals surface area contributed by atoms with E-state index in [2.05, 4.69) is 5.10 Å². The van der Waals surface area contributed by atoms with Crippen LogP contribution in [0.3, 0.4) is 0 Å². The van der Waals surface area contributed by atoms with Gasteiger partial charge in [-0.1, -0.05) is 0 Å². The third-order valence-electron chi connectivity index (χ3n) is 1.93. The Morgan fingerprint density at radius 3 is 2.86 bits per heavy atom. The maximum atomic E-state index is 11.2. The molecule has 0 spiro atoms. The second-order valence-corrected chi connectivity index (χ2v) is 3.43. The van der Waals surface area contributed by atoms with Crippen molar-refractivity contribution in [3.8, 4) is 0 Å². The van der Waals surface area contributed by atoms with Crippen molar-refractivity contribution in [1.29, 1.82) is 0 Å². The Balaban J connectivity index is 2.25. The Kier molecular flexibility index (Phi) is 3.50. The Morgan fingerprint density at radius 1 is 1.64 bits per heavy atom. The topological polar surface area (TPSA) is 64.2 Å². The SMILES string of the molecule is CN(C)C(=O)CCCn1cc(N)cn1. The first-order chi connectivity index (χ1) is 6.59. The molecule has 0 radical (unpaired) electrons. The van der Waals surface area contributed by atoms with E-state index >= 15 is 0 Å². The zero-order valence-corrected chi connectivity index (χ0v) is 8.60. The lowest BCUT2D eigenvalue weighted by molar-refractivity contribution is -0.128. The number of amides is 1. The molecule has 1 amide bonds. The monoisotopic (exact) mass is 196 g/mol. The van der Waals surface area contributed by atoms with Crippen molar-refractivity contribution in [2.75, 3.05) is 19.8 Å². The molecule has 0 aliphatic heterocycles. The van der Waals surface area contributed by atoms with E-state index in [0.29, 0.717) is 12.1 Å². The van der Waals surface area contributed by atoms with E-state index < -0.39 is 0 Å². The van der Waals surface area contributed by atoms with Crippen LogP contribution < -0.4 is 5.73 Å². The predicted octanol–water partition coefficient (Wildman–Crippen LogP) is 0.334. The van der Waals surface area contributed by atoms with Gasteiger partial charge in [-0.2, -0.15) is 5.10 Å². The first-order valence-electron chi connectivity index (χ1n) is 4.57. The third kappa shape index (κ3) is 3.08. The summed E-state index contributed by atoms with van der Waals surface area (Å²) in [6.07, 6.45) is 4.71. The number of aryl methyl sites for hydroxylation is 1. The number of nitrogens with zero attached hydrogens (tertiary/aromatic N) is 3. The first kappa shape index (κ1) is 10.6. The predicted molar refractivity (Wildman–Crippen MR) is 54.6 cm³/mol. The van der Waals surface area contributed by atoms with Crippen molar-refractivity contribution in [1.82, 2.24) is 14.7 Å². The summed E-state index contributed by atoms with van der Waals surface area (Å²) in [5.41, 5.74) is 6.16. The molecule has 0 fully saturated rings. The smallest absolute Gasteiger partial charge is 0.222 e. The van der Waals surface area contributed by atoms with Gasteiger partial charge in [-0.15, -0.1) is 0 Å². The van der Waals surface area contributed by atoms with Gasteiger partial charge in [-0.3, -0.25) is 9.48 Å². The van der Waals surface area contributed by atoms with E-state index in [1.807, 2.05) is 0 Å². The van der Waals surface area contributed by atoms with E-state index in [9.17, 15) is 4.79 Å². The molecule has 0 aliphatic carbocycles. The number of carbonyl (C=O) groups is 1. The molecule has 1 aromatic rings. The molecule has 0 saturated carbocycles. The maximum Gasteiger partial charge on any atom is 0.222 e. The highest BCUT2D eigenvalue weighted by Crippen LogP contribution is 2.01. The lowest BCUT2D eigenvalue weighted by Gasteiger charge is -2.09. The summed E-state index contributed by atoms with van der Waals surface area (Å²) >= 11 is 0. The van der Waals surface area contributed by atoms with E-state index in [4.69, 9.17) is 5.73 Å². The molecule has 0 bridgehead atoms. The molecule has 0 atom stereocenters. The number of nitrogen functional groups attached to an aromatic ring is 1. The van der Waals surface area contributed by atoms with Gasteiger partial charge in [0.05, 0.1) is 11.9 Å². The van der Waals surface area contributed by atoms with Crippen LogP contribution in [0.4, 0.5) is 5.69 Å². The molecule has 1 aromatic heterocycles. The van der Waals surface area contributed by atoms with E-state index in [1.165, 1.54) is 0 Å². The standard InChI is InChI=1S/C9H16N4O/c1-12(2)9(14)4-3-5-13-7-8(10)6-11-13/h6-7H,3-5,10H2,1-2H3. The Bertz CT molecular complexity index is 306. The number of anilines is 1. The molecular weight excluding hydrogens is 180 g/mol. The molecule has 1 rings (SSSR count). The fraction of sp³-hybridized carbons (Fsp3) is 0.556. The van der Waals surface area contributed by atoms with Gasteiger partial charge in [0.15, 0.2) is 0 Å². The van der Waals surface area contributed by atoms with Crippen molar-refractivity contribution in [2.24, 2.45) is 0 Å². The van der Waals surface area contributed by atoms with Gasteiger partial charge in [-0.05, 0) is 6.42 Å². The van der Waals surface area contributed by atoms with Crippen molar-refractivity contribution in [2.45, 2.75) is 19.4 Å². The minimum Gasteiger partial charge on any atom is -0.396 e. The van der Waals surface area contributed by atoms with Gasteiger partial charge >= 0.3 is 0 Å². The highest BCUT2D eigenvalue weighted by Gasteiger charge is 2.03. The van der Waals surface area contributed by atoms with Gasteiger partial charge in [0, 0.05) is 33.3 Å². The van der Waals surface area contributed by atoms with Crippen molar-refractivity contribution in [3.63, 3.8) is 0 Å². The van der Waals surface area contributed by atoms with Gasteiger partial charge < -0.3 is 10.6 Å². The zero-order valence-electron chi connectivity index (χ0n) is 8.60. The fourth-order valence-electron chi connectivity index (χ4n) is 1.12. The quantitative estimate of drug-likeness (QED) is 0.755. The number of hydrogen-bond acceptors (Lipinski definition) is 3. The number of rotatable bonds is 4. The molecule has 14 heavy (non-hydrogen) atoms. The average molecular weight is 196 g/mol. The van der Waals surface area contributed by atoms with Crippen LogP contribution in [0, 0.1) is 0 Å². The molecule has 2 N–H and O–H groups in total. The van der Waals surface area contributed by atoms with Crippen molar-refractivity contribution >= 4 is 11.6 Å². The van der Waals surface area contributed by atoms with E-state index in [0.717, 1.165) is 13.0 Å². The molecule has 0 unspecified atom stereocenters. The van der Waals surface area contributed by atoms with E-state index in [-0.39, 0.29) is 5.91 Å². The fourth-order valence-corrected chi connectivity index (χ4v) is 1.12. The Labute approximate surface area is 83.5 Å². The van der Waals surface area contributed by atoms with Crippen LogP contribution in [-0.4, -0.2) is 34.7 Å². The summed E-state index contributed by atoms with van der Waals surface area (Å²) in [7, 11) is 3.52. The molecule has 78 valence electrons. The van der Waals surface area contributed by atoms with Crippen LogP contribution in [0.5, 0.6) is 0 Å². The van der Waals surface area contributed by atoms with E-state index in [1.54, 1.807) is 36.1 Å². The average Bonchev–Trinajstić information content (AvgIpc) is 2.51. The summed E-state index contributed by atoms with van der Waals surface area (Å²) in [6.45, 7) is 0.733. The molecular formula is C9H16N4O. The second-order valence-electron chi connectivity index (χ2n) is 3.43. The largest absolute Gasteiger partial charge is 0.396 e. The zero-order chi connectivity index (χ0) is 10.6. The summed E-state index contributed by atoms with van der Waals surface area (Å²) in [4.78, 5) is 12.8. The minimum absolute atomic E-state index is 0.144.